The van der Waals surface area contributed by atoms with E-state index in [2.05, 4.69) is 24.1 Å². The zero-order chi connectivity index (χ0) is 10.7. The van der Waals surface area contributed by atoms with Crippen LogP contribution in [0.5, 0.6) is 0 Å². The quantitative estimate of drug-likeness (QED) is 0.747. The lowest BCUT2D eigenvalue weighted by Crippen LogP contribution is -2.19. The molecule has 1 aliphatic rings. The van der Waals surface area contributed by atoms with Crippen molar-refractivity contribution in [2.75, 3.05) is 19.3 Å². The lowest BCUT2D eigenvalue weighted by atomic mass is 10.2. The Morgan fingerprint density at radius 1 is 1.40 bits per heavy atom. The maximum Gasteiger partial charge on any atom is 0.0317 e. The van der Waals surface area contributed by atoms with Gasteiger partial charge in [-0.25, -0.2) is 0 Å². The van der Waals surface area contributed by atoms with Crippen molar-refractivity contribution in [2.24, 2.45) is 5.92 Å². The molecule has 82 valence electrons. The Morgan fingerprint density at radius 2 is 2.20 bits per heavy atom. The molecular formula is C13H20N2. The molecule has 1 aromatic carbocycles. The number of anilines is 1. The Hall–Kier alpha value is -1.02. The summed E-state index contributed by atoms with van der Waals surface area (Å²) in [5.41, 5.74) is 7.93. The van der Waals surface area contributed by atoms with Gasteiger partial charge >= 0.3 is 0 Å². The zero-order valence-electron chi connectivity index (χ0n) is 9.45. The smallest absolute Gasteiger partial charge is 0.0317 e. The first-order valence-electron chi connectivity index (χ1n) is 5.77. The molecule has 0 saturated heterocycles. The molecule has 1 aromatic rings. The molecule has 0 amide bonds. The van der Waals surface area contributed by atoms with Gasteiger partial charge in [0, 0.05) is 12.2 Å². The number of nitrogens with zero attached hydrogens (tertiary/aromatic N) is 1. The highest BCUT2D eigenvalue weighted by molar-refractivity contribution is 5.40. The number of nitrogen functional groups attached to an aromatic ring is 1. The van der Waals surface area contributed by atoms with E-state index in [0.29, 0.717) is 0 Å². The molecule has 0 bridgehead atoms. The molecule has 15 heavy (non-hydrogen) atoms. The summed E-state index contributed by atoms with van der Waals surface area (Å²) in [4.78, 5) is 2.38. The maximum absolute atomic E-state index is 5.75. The first-order chi connectivity index (χ1) is 7.24. The van der Waals surface area contributed by atoms with Gasteiger partial charge < -0.3 is 10.6 Å². The van der Waals surface area contributed by atoms with Crippen molar-refractivity contribution < 1.29 is 0 Å². The van der Waals surface area contributed by atoms with Gasteiger partial charge in [0.15, 0.2) is 0 Å². The van der Waals surface area contributed by atoms with Gasteiger partial charge in [-0.2, -0.15) is 0 Å². The van der Waals surface area contributed by atoms with Crippen LogP contribution in [-0.2, 0) is 6.54 Å². The van der Waals surface area contributed by atoms with Crippen LogP contribution >= 0.6 is 0 Å². The molecule has 0 aliphatic heterocycles. The lowest BCUT2D eigenvalue weighted by Gasteiger charge is -2.16. The van der Waals surface area contributed by atoms with Crippen LogP contribution in [0.25, 0.3) is 0 Å². The lowest BCUT2D eigenvalue weighted by molar-refractivity contribution is 0.315. The topological polar surface area (TPSA) is 29.3 Å². The van der Waals surface area contributed by atoms with Crippen molar-refractivity contribution in [1.29, 1.82) is 0 Å². The average Bonchev–Trinajstić information content (AvgIpc) is 2.98. The summed E-state index contributed by atoms with van der Waals surface area (Å²) in [6.07, 6.45) is 4.26. The van der Waals surface area contributed by atoms with E-state index in [-0.39, 0.29) is 0 Å². The van der Waals surface area contributed by atoms with Gasteiger partial charge in [-0.3, -0.25) is 0 Å². The second kappa shape index (κ2) is 4.67. The number of nitrogens with two attached hydrogens (primary N) is 1. The van der Waals surface area contributed by atoms with Crippen molar-refractivity contribution in [3.05, 3.63) is 29.8 Å². The molecule has 2 nitrogen and oxygen atoms in total. The fraction of sp³-hybridized carbons (Fsp3) is 0.538. The molecule has 1 saturated carbocycles. The van der Waals surface area contributed by atoms with Crippen LogP contribution in [0.2, 0.25) is 0 Å². The minimum absolute atomic E-state index is 0.864. The predicted octanol–water partition coefficient (Wildman–Crippen LogP) is 2.50. The van der Waals surface area contributed by atoms with Crippen LogP contribution in [0.1, 0.15) is 24.8 Å². The van der Waals surface area contributed by atoms with Crippen LogP contribution < -0.4 is 5.73 Å². The molecule has 0 aromatic heterocycles. The normalized spacial score (nSPS) is 15.9. The van der Waals surface area contributed by atoms with Crippen LogP contribution in [0.15, 0.2) is 24.3 Å². The van der Waals surface area contributed by atoms with Crippen LogP contribution in [-0.4, -0.2) is 18.5 Å². The highest BCUT2D eigenvalue weighted by atomic mass is 15.1. The Morgan fingerprint density at radius 3 is 2.87 bits per heavy atom. The van der Waals surface area contributed by atoms with Crippen LogP contribution in [0.4, 0.5) is 5.69 Å². The second-order valence-electron chi connectivity index (χ2n) is 4.71. The minimum Gasteiger partial charge on any atom is -0.399 e. The third-order valence-corrected chi connectivity index (χ3v) is 3.02. The molecule has 2 heteroatoms. The van der Waals surface area contributed by atoms with E-state index < -0.39 is 0 Å². The van der Waals surface area contributed by atoms with E-state index in [1.807, 2.05) is 12.1 Å². The third-order valence-electron chi connectivity index (χ3n) is 3.02. The monoisotopic (exact) mass is 204 g/mol. The van der Waals surface area contributed by atoms with E-state index >= 15 is 0 Å². The first-order valence-corrected chi connectivity index (χ1v) is 5.77. The van der Waals surface area contributed by atoms with Crippen molar-refractivity contribution in [3.63, 3.8) is 0 Å². The third kappa shape index (κ3) is 3.56. The molecule has 2 N–H and O–H groups in total. The molecule has 0 unspecified atom stereocenters. The molecule has 0 heterocycles. The summed E-state index contributed by atoms with van der Waals surface area (Å²) in [5, 5.41) is 0. The maximum atomic E-state index is 5.75. The Labute approximate surface area is 92.1 Å². The highest BCUT2D eigenvalue weighted by Gasteiger charge is 2.20. The molecule has 1 fully saturated rings. The van der Waals surface area contributed by atoms with E-state index in [4.69, 9.17) is 5.73 Å². The van der Waals surface area contributed by atoms with Gasteiger partial charge in [0.05, 0.1) is 0 Å². The van der Waals surface area contributed by atoms with Crippen molar-refractivity contribution in [3.8, 4) is 0 Å². The summed E-state index contributed by atoms with van der Waals surface area (Å²) in [6.45, 7) is 2.22. The minimum atomic E-state index is 0.864. The zero-order valence-corrected chi connectivity index (χ0v) is 9.45. The number of benzene rings is 1. The summed E-state index contributed by atoms with van der Waals surface area (Å²) in [7, 11) is 2.19. The molecule has 0 atom stereocenters. The SMILES string of the molecule is CN(CCC1CC1)Cc1cccc(N)c1. The fourth-order valence-corrected chi connectivity index (χ4v) is 1.89. The second-order valence-corrected chi connectivity index (χ2v) is 4.71. The van der Waals surface area contributed by atoms with E-state index in [0.717, 1.165) is 18.2 Å². The van der Waals surface area contributed by atoms with Crippen molar-refractivity contribution in [2.45, 2.75) is 25.8 Å². The van der Waals surface area contributed by atoms with Crippen LogP contribution in [0.3, 0.4) is 0 Å². The number of rotatable bonds is 5. The van der Waals surface area contributed by atoms with Crippen molar-refractivity contribution in [1.82, 2.24) is 4.90 Å². The van der Waals surface area contributed by atoms with Gasteiger partial charge in [-0.15, -0.1) is 0 Å². The number of hydrogen-bond acceptors (Lipinski definition) is 2. The fourth-order valence-electron chi connectivity index (χ4n) is 1.89. The molecule has 2 rings (SSSR count). The molecule has 0 spiro atoms. The largest absolute Gasteiger partial charge is 0.399 e. The van der Waals surface area contributed by atoms with Gasteiger partial charge in [0.25, 0.3) is 0 Å². The molecule has 0 radical (unpaired) electrons. The highest BCUT2D eigenvalue weighted by Crippen LogP contribution is 2.32. The average molecular weight is 204 g/mol. The molecule has 1 aliphatic carbocycles. The van der Waals surface area contributed by atoms with E-state index in [1.54, 1.807) is 0 Å². The summed E-state index contributed by atoms with van der Waals surface area (Å²) >= 11 is 0. The van der Waals surface area contributed by atoms with E-state index in [1.165, 1.54) is 31.4 Å². The Balaban J connectivity index is 1.79. The summed E-state index contributed by atoms with van der Waals surface area (Å²) in [6, 6.07) is 8.17. The Kier molecular flexibility index (Phi) is 3.27. The number of hydrogen-bond donors (Lipinski definition) is 1. The van der Waals surface area contributed by atoms with Crippen LogP contribution in [0, 0.1) is 5.92 Å². The van der Waals surface area contributed by atoms with Gasteiger partial charge in [-0.1, -0.05) is 25.0 Å². The van der Waals surface area contributed by atoms with Crippen molar-refractivity contribution >= 4 is 5.69 Å². The molecular weight excluding hydrogens is 184 g/mol. The summed E-state index contributed by atoms with van der Waals surface area (Å²) < 4.78 is 0. The predicted molar refractivity (Wildman–Crippen MR) is 64.5 cm³/mol. The van der Waals surface area contributed by atoms with Gasteiger partial charge in [0.2, 0.25) is 0 Å². The van der Waals surface area contributed by atoms with Gasteiger partial charge in [-0.05, 0) is 43.6 Å². The standard InChI is InChI=1S/C13H20N2/c1-15(8-7-11-5-6-11)10-12-3-2-4-13(14)9-12/h2-4,9,11H,5-8,10,14H2,1H3. The Bertz CT molecular complexity index is 318. The van der Waals surface area contributed by atoms with Gasteiger partial charge in [0.1, 0.15) is 0 Å². The van der Waals surface area contributed by atoms with E-state index in [9.17, 15) is 0 Å². The first kappa shape index (κ1) is 10.5. The summed E-state index contributed by atoms with van der Waals surface area (Å²) in [5.74, 6) is 1.02.